The van der Waals surface area contributed by atoms with Crippen molar-refractivity contribution >= 4 is 11.6 Å². The predicted molar refractivity (Wildman–Crippen MR) is 76.9 cm³/mol. The molecule has 0 saturated carbocycles. The van der Waals surface area contributed by atoms with Crippen LogP contribution in [0, 0.1) is 18.2 Å². The lowest BCUT2D eigenvalue weighted by Crippen LogP contribution is -2.50. The van der Waals surface area contributed by atoms with Crippen LogP contribution in [0.15, 0.2) is 24.3 Å². The fourth-order valence-corrected chi connectivity index (χ4v) is 2.22. The summed E-state index contributed by atoms with van der Waals surface area (Å²) in [5, 5.41) is 2.90. The van der Waals surface area contributed by atoms with Gasteiger partial charge in [-0.3, -0.25) is 10.1 Å². The first kappa shape index (κ1) is 14.4. The summed E-state index contributed by atoms with van der Waals surface area (Å²) in [5.74, 6) is 2.27. The van der Waals surface area contributed by atoms with Crippen LogP contribution >= 0.6 is 0 Å². The first-order chi connectivity index (χ1) is 9.70. The van der Waals surface area contributed by atoms with Crippen LogP contribution in [0.2, 0.25) is 0 Å². The molecule has 5 heteroatoms. The second kappa shape index (κ2) is 6.92. The number of halogens is 1. The molecule has 20 heavy (non-hydrogen) atoms. The van der Waals surface area contributed by atoms with Crippen molar-refractivity contribution < 1.29 is 9.18 Å². The Kier molecular flexibility index (Phi) is 4.97. The van der Waals surface area contributed by atoms with Gasteiger partial charge >= 0.3 is 0 Å². The Labute approximate surface area is 118 Å². The molecule has 4 nitrogen and oxygen atoms in total. The van der Waals surface area contributed by atoms with Crippen LogP contribution in [0.25, 0.3) is 0 Å². The van der Waals surface area contributed by atoms with Gasteiger partial charge < -0.3 is 9.80 Å². The van der Waals surface area contributed by atoms with Crippen LogP contribution in [-0.2, 0) is 4.79 Å². The zero-order chi connectivity index (χ0) is 14.4. The number of nitrogens with one attached hydrogen (secondary N) is 1. The summed E-state index contributed by atoms with van der Waals surface area (Å²) in [5.41, 5.74) is 0.990. The second-order valence-corrected chi connectivity index (χ2v) is 4.65. The van der Waals surface area contributed by atoms with Crippen LogP contribution in [0.3, 0.4) is 0 Å². The van der Waals surface area contributed by atoms with Gasteiger partial charge in [-0.1, -0.05) is 5.92 Å². The van der Waals surface area contributed by atoms with Crippen molar-refractivity contribution in [1.29, 1.82) is 0 Å². The number of nitrogens with zero attached hydrogens (tertiary/aromatic N) is 2. The highest BCUT2D eigenvalue weighted by Gasteiger charge is 2.20. The molecule has 1 aliphatic heterocycles. The third kappa shape index (κ3) is 3.72. The largest absolute Gasteiger partial charge is 0.368 e. The molecule has 0 atom stereocenters. The third-order valence-electron chi connectivity index (χ3n) is 3.33. The molecule has 0 bridgehead atoms. The summed E-state index contributed by atoms with van der Waals surface area (Å²) < 4.78 is 12.9. The second-order valence-electron chi connectivity index (χ2n) is 4.65. The zero-order valence-electron chi connectivity index (χ0n) is 11.3. The molecule has 0 spiro atoms. The Bertz CT molecular complexity index is 487. The first-order valence-electron chi connectivity index (χ1n) is 6.63. The molecule has 1 aromatic rings. The molecule has 0 aromatic heterocycles. The van der Waals surface area contributed by atoms with Crippen molar-refractivity contribution in [2.45, 2.75) is 0 Å². The molecule has 106 valence electrons. The number of amides is 1. The molecule has 2 rings (SSSR count). The number of benzene rings is 1. The Morgan fingerprint density at radius 1 is 1.25 bits per heavy atom. The van der Waals surface area contributed by atoms with Gasteiger partial charge in [0.25, 0.3) is 0 Å². The number of hydrogen-bond donors (Lipinski definition) is 1. The lowest BCUT2D eigenvalue weighted by atomic mass is 10.2. The normalized spacial score (nSPS) is 15.0. The van der Waals surface area contributed by atoms with Gasteiger partial charge in [-0.05, 0) is 24.3 Å². The van der Waals surface area contributed by atoms with Gasteiger partial charge in [-0.2, -0.15) is 0 Å². The molecule has 1 aromatic carbocycles. The Hall–Kier alpha value is -2.06. The molecular formula is C15H18FN3O. The van der Waals surface area contributed by atoms with Gasteiger partial charge in [0.1, 0.15) is 5.82 Å². The van der Waals surface area contributed by atoms with Crippen LogP contribution < -0.4 is 10.2 Å². The fraction of sp³-hybridized carbons (Fsp3) is 0.400. The number of carbonyl (C=O) groups excluding carboxylic acids is 1. The maximum Gasteiger partial charge on any atom is 0.236 e. The van der Waals surface area contributed by atoms with Gasteiger partial charge in [-0.15, -0.1) is 6.42 Å². The minimum absolute atomic E-state index is 0.0685. The number of rotatable bonds is 4. The topological polar surface area (TPSA) is 35.6 Å². The number of terminal acetylenes is 1. The number of carbonyl (C=O) groups is 1. The monoisotopic (exact) mass is 275 g/mol. The van der Waals surface area contributed by atoms with E-state index >= 15 is 0 Å². The summed E-state index contributed by atoms with van der Waals surface area (Å²) in [4.78, 5) is 15.9. The van der Waals surface area contributed by atoms with Gasteiger partial charge in [0, 0.05) is 31.9 Å². The zero-order valence-corrected chi connectivity index (χ0v) is 11.3. The van der Waals surface area contributed by atoms with E-state index in [0.717, 1.165) is 18.8 Å². The van der Waals surface area contributed by atoms with Gasteiger partial charge in [-0.25, -0.2) is 4.39 Å². The minimum atomic E-state index is -0.234. The fourth-order valence-electron chi connectivity index (χ4n) is 2.22. The molecule has 0 radical (unpaired) electrons. The highest BCUT2D eigenvalue weighted by atomic mass is 19.1. The van der Waals surface area contributed by atoms with E-state index < -0.39 is 0 Å². The van der Waals surface area contributed by atoms with E-state index in [4.69, 9.17) is 6.42 Å². The molecule has 1 saturated heterocycles. The molecule has 1 fully saturated rings. The van der Waals surface area contributed by atoms with E-state index in [-0.39, 0.29) is 18.3 Å². The van der Waals surface area contributed by atoms with E-state index in [1.165, 1.54) is 12.1 Å². The van der Waals surface area contributed by atoms with E-state index in [1.54, 1.807) is 12.1 Å². The Morgan fingerprint density at radius 2 is 1.90 bits per heavy atom. The highest BCUT2D eigenvalue weighted by Crippen LogP contribution is 2.16. The first-order valence-corrected chi connectivity index (χ1v) is 6.63. The van der Waals surface area contributed by atoms with E-state index in [2.05, 4.69) is 16.1 Å². The SMILES string of the molecule is C#CCNCC(=O)N1CCN(c2ccc(F)cc2)CC1. The maximum atomic E-state index is 12.9. The molecule has 1 heterocycles. The summed E-state index contributed by atoms with van der Waals surface area (Å²) >= 11 is 0. The van der Waals surface area contributed by atoms with Gasteiger partial charge in [0.05, 0.1) is 13.1 Å². The quantitative estimate of drug-likeness (QED) is 0.649. The van der Waals surface area contributed by atoms with Crippen LogP contribution in [0.4, 0.5) is 10.1 Å². The third-order valence-corrected chi connectivity index (χ3v) is 3.33. The van der Waals surface area contributed by atoms with Crippen molar-refractivity contribution in [3.8, 4) is 12.3 Å². The molecule has 1 amide bonds. The number of anilines is 1. The Morgan fingerprint density at radius 3 is 2.50 bits per heavy atom. The molecule has 1 aliphatic rings. The van der Waals surface area contributed by atoms with E-state index in [0.29, 0.717) is 19.6 Å². The molecule has 0 unspecified atom stereocenters. The number of piperazine rings is 1. The maximum absolute atomic E-state index is 12.9. The highest BCUT2D eigenvalue weighted by molar-refractivity contribution is 5.78. The van der Waals surface area contributed by atoms with Gasteiger partial charge in [0.2, 0.25) is 5.91 Å². The predicted octanol–water partition coefficient (Wildman–Crippen LogP) is 0.697. The number of hydrogen-bond acceptors (Lipinski definition) is 3. The summed E-state index contributed by atoms with van der Waals surface area (Å²) in [6, 6.07) is 6.44. The molecule has 0 aliphatic carbocycles. The van der Waals surface area contributed by atoms with Crippen LogP contribution in [0.1, 0.15) is 0 Å². The smallest absolute Gasteiger partial charge is 0.236 e. The van der Waals surface area contributed by atoms with Crippen molar-refractivity contribution in [3.05, 3.63) is 30.1 Å². The van der Waals surface area contributed by atoms with Crippen molar-refractivity contribution in [1.82, 2.24) is 10.2 Å². The average Bonchev–Trinajstić information content (AvgIpc) is 2.48. The minimum Gasteiger partial charge on any atom is -0.368 e. The van der Waals surface area contributed by atoms with Crippen molar-refractivity contribution in [3.63, 3.8) is 0 Å². The lowest BCUT2D eigenvalue weighted by molar-refractivity contribution is -0.130. The van der Waals surface area contributed by atoms with Crippen molar-refractivity contribution in [2.24, 2.45) is 0 Å². The van der Waals surface area contributed by atoms with Crippen molar-refractivity contribution in [2.75, 3.05) is 44.2 Å². The summed E-state index contributed by atoms with van der Waals surface area (Å²) in [7, 11) is 0. The summed E-state index contributed by atoms with van der Waals surface area (Å²) in [6.07, 6.45) is 5.12. The van der Waals surface area contributed by atoms with E-state index in [9.17, 15) is 9.18 Å². The van der Waals surface area contributed by atoms with Crippen LogP contribution in [0.5, 0.6) is 0 Å². The summed E-state index contributed by atoms with van der Waals surface area (Å²) in [6.45, 7) is 3.54. The average molecular weight is 275 g/mol. The standard InChI is InChI=1S/C15H18FN3O/c1-2-7-17-12-15(20)19-10-8-18(9-11-19)14-5-3-13(16)4-6-14/h1,3-6,17H,7-12H2. The lowest BCUT2D eigenvalue weighted by Gasteiger charge is -2.36. The van der Waals surface area contributed by atoms with Gasteiger partial charge in [0.15, 0.2) is 0 Å². The Balaban J connectivity index is 1.81. The van der Waals surface area contributed by atoms with E-state index in [1.807, 2.05) is 4.90 Å². The van der Waals surface area contributed by atoms with Crippen LogP contribution in [-0.4, -0.2) is 50.1 Å². The molecule has 1 N–H and O–H groups in total. The molecular weight excluding hydrogens is 257 g/mol.